The largest absolute Gasteiger partial charge is 0.480 e. The molecular formula is C7H13NO2. The summed E-state index contributed by atoms with van der Waals surface area (Å²) in [5.74, 6) is -0.667. The summed E-state index contributed by atoms with van der Waals surface area (Å²) in [6, 6.07) is -0.204. The second-order valence-electron chi connectivity index (χ2n) is 2.62. The van der Waals surface area contributed by atoms with E-state index in [0.717, 1.165) is 25.9 Å². The van der Waals surface area contributed by atoms with Crippen LogP contribution in [0.5, 0.6) is 0 Å². The molecule has 0 spiro atoms. The Bertz CT molecular complexity index is 136. The van der Waals surface area contributed by atoms with Gasteiger partial charge >= 0.3 is 5.97 Å². The van der Waals surface area contributed by atoms with Gasteiger partial charge < -0.3 is 5.11 Å². The van der Waals surface area contributed by atoms with Crippen LogP contribution < -0.4 is 0 Å². The summed E-state index contributed by atoms with van der Waals surface area (Å²) in [6.45, 7) is 3.81. The molecule has 0 unspecified atom stereocenters. The van der Waals surface area contributed by atoms with Crippen molar-refractivity contribution < 1.29 is 9.90 Å². The van der Waals surface area contributed by atoms with Crippen LogP contribution in [0.15, 0.2) is 0 Å². The zero-order valence-corrected chi connectivity index (χ0v) is 6.21. The molecule has 1 fully saturated rings. The molecule has 0 bridgehead atoms. The van der Waals surface area contributed by atoms with Gasteiger partial charge in [-0.3, -0.25) is 9.69 Å². The Hall–Kier alpha value is -0.570. The molecule has 0 amide bonds. The standard InChI is InChI=1S/C7H13NO2/c1-2-8-5-3-4-6(8)7(9)10/h6H,2-5H2,1H3,(H,9,10)/t6-/m0/s1. The van der Waals surface area contributed by atoms with Crippen molar-refractivity contribution in [2.75, 3.05) is 13.1 Å². The van der Waals surface area contributed by atoms with Crippen molar-refractivity contribution >= 4 is 5.97 Å². The van der Waals surface area contributed by atoms with Crippen LogP contribution in [-0.4, -0.2) is 35.1 Å². The zero-order valence-electron chi connectivity index (χ0n) is 6.21. The first-order valence-electron chi connectivity index (χ1n) is 3.72. The minimum absolute atomic E-state index is 0.204. The van der Waals surface area contributed by atoms with E-state index in [1.54, 1.807) is 0 Å². The van der Waals surface area contributed by atoms with Crippen molar-refractivity contribution in [2.24, 2.45) is 0 Å². The third-order valence-corrected chi connectivity index (χ3v) is 2.05. The summed E-state index contributed by atoms with van der Waals surface area (Å²) in [5, 5.41) is 8.67. The lowest BCUT2D eigenvalue weighted by molar-refractivity contribution is -0.142. The summed E-state index contributed by atoms with van der Waals surface area (Å²) in [6.07, 6.45) is 1.86. The van der Waals surface area contributed by atoms with Crippen LogP contribution in [0, 0.1) is 0 Å². The third-order valence-electron chi connectivity index (χ3n) is 2.05. The highest BCUT2D eigenvalue weighted by molar-refractivity contribution is 5.73. The molecule has 58 valence electrons. The van der Waals surface area contributed by atoms with Crippen LogP contribution in [0.2, 0.25) is 0 Å². The van der Waals surface area contributed by atoms with Crippen molar-refractivity contribution in [3.8, 4) is 0 Å². The number of aliphatic carboxylic acids is 1. The molecule has 1 N–H and O–H groups in total. The summed E-state index contributed by atoms with van der Waals surface area (Å²) < 4.78 is 0. The molecule has 1 aliphatic heterocycles. The number of nitrogens with zero attached hydrogens (tertiary/aromatic N) is 1. The van der Waals surface area contributed by atoms with Crippen LogP contribution in [0.3, 0.4) is 0 Å². The normalized spacial score (nSPS) is 27.1. The van der Waals surface area contributed by atoms with Gasteiger partial charge in [0.1, 0.15) is 6.04 Å². The fourth-order valence-electron chi connectivity index (χ4n) is 1.48. The zero-order chi connectivity index (χ0) is 7.56. The quantitative estimate of drug-likeness (QED) is 0.614. The number of carboxylic acids is 1. The number of likely N-dealkylation sites (N-methyl/N-ethyl adjacent to an activating group) is 1. The molecule has 0 radical (unpaired) electrons. The minimum atomic E-state index is -0.667. The molecule has 3 heteroatoms. The maximum Gasteiger partial charge on any atom is 0.320 e. The van der Waals surface area contributed by atoms with E-state index in [1.165, 1.54) is 0 Å². The predicted molar refractivity (Wildman–Crippen MR) is 37.9 cm³/mol. The van der Waals surface area contributed by atoms with Gasteiger partial charge in [0.15, 0.2) is 0 Å². The first-order chi connectivity index (χ1) is 4.75. The van der Waals surface area contributed by atoms with Crippen LogP contribution in [0.25, 0.3) is 0 Å². The smallest absolute Gasteiger partial charge is 0.320 e. The number of likely N-dealkylation sites (tertiary alicyclic amines) is 1. The monoisotopic (exact) mass is 143 g/mol. The van der Waals surface area contributed by atoms with Gasteiger partial charge in [0.25, 0.3) is 0 Å². The molecule has 10 heavy (non-hydrogen) atoms. The molecule has 0 aromatic heterocycles. The highest BCUT2D eigenvalue weighted by atomic mass is 16.4. The molecule has 1 atom stereocenters. The minimum Gasteiger partial charge on any atom is -0.480 e. The Balaban J connectivity index is 2.50. The second kappa shape index (κ2) is 3.01. The lowest BCUT2D eigenvalue weighted by Gasteiger charge is -2.17. The van der Waals surface area contributed by atoms with Gasteiger partial charge in [-0.2, -0.15) is 0 Å². The lowest BCUT2D eigenvalue weighted by atomic mass is 10.2. The molecular weight excluding hydrogens is 130 g/mol. The number of hydrogen-bond donors (Lipinski definition) is 1. The van der Waals surface area contributed by atoms with Gasteiger partial charge in [0, 0.05) is 0 Å². The van der Waals surface area contributed by atoms with Gasteiger partial charge in [-0.05, 0) is 25.9 Å². The number of carboxylic acid groups (broad SMARTS) is 1. The first kappa shape index (κ1) is 7.54. The Kier molecular flexibility index (Phi) is 2.27. The van der Waals surface area contributed by atoms with Gasteiger partial charge in [-0.25, -0.2) is 0 Å². The first-order valence-corrected chi connectivity index (χ1v) is 3.72. The van der Waals surface area contributed by atoms with Gasteiger partial charge in [-0.15, -0.1) is 0 Å². The highest BCUT2D eigenvalue weighted by Crippen LogP contribution is 2.15. The van der Waals surface area contributed by atoms with E-state index in [4.69, 9.17) is 5.11 Å². The maximum absolute atomic E-state index is 10.5. The SMILES string of the molecule is CCN1CCC[C@H]1C(=O)O. The summed E-state index contributed by atoms with van der Waals surface area (Å²) in [5.41, 5.74) is 0. The summed E-state index contributed by atoms with van der Waals surface area (Å²) >= 11 is 0. The maximum atomic E-state index is 10.5. The van der Waals surface area contributed by atoms with Crippen molar-refractivity contribution in [1.82, 2.24) is 4.90 Å². The van der Waals surface area contributed by atoms with E-state index >= 15 is 0 Å². The lowest BCUT2D eigenvalue weighted by Crippen LogP contribution is -2.35. The van der Waals surface area contributed by atoms with Crippen molar-refractivity contribution in [1.29, 1.82) is 0 Å². The molecule has 3 nitrogen and oxygen atoms in total. The van der Waals surface area contributed by atoms with Crippen molar-refractivity contribution in [3.63, 3.8) is 0 Å². The number of rotatable bonds is 2. The van der Waals surface area contributed by atoms with Crippen molar-refractivity contribution in [2.45, 2.75) is 25.8 Å². The van der Waals surface area contributed by atoms with Crippen LogP contribution in [0.1, 0.15) is 19.8 Å². The fraction of sp³-hybridized carbons (Fsp3) is 0.857. The van der Waals surface area contributed by atoms with Gasteiger partial charge in [0.2, 0.25) is 0 Å². The van der Waals surface area contributed by atoms with E-state index in [9.17, 15) is 4.79 Å². The van der Waals surface area contributed by atoms with Crippen molar-refractivity contribution in [3.05, 3.63) is 0 Å². The molecule has 1 rings (SSSR count). The molecule has 0 aromatic rings. The van der Waals surface area contributed by atoms with Crippen LogP contribution in [-0.2, 0) is 4.79 Å². The predicted octanol–water partition coefficient (Wildman–Crippen LogP) is 0.555. The third kappa shape index (κ3) is 1.29. The Labute approximate surface area is 60.6 Å². The fourth-order valence-corrected chi connectivity index (χ4v) is 1.48. The van der Waals surface area contributed by atoms with E-state index in [0.29, 0.717) is 0 Å². The molecule has 0 aromatic carbocycles. The average Bonchev–Trinajstić information content (AvgIpc) is 2.33. The second-order valence-corrected chi connectivity index (χ2v) is 2.62. The van der Waals surface area contributed by atoms with Crippen LogP contribution in [0.4, 0.5) is 0 Å². The summed E-state index contributed by atoms with van der Waals surface area (Å²) in [4.78, 5) is 12.5. The summed E-state index contributed by atoms with van der Waals surface area (Å²) in [7, 11) is 0. The Morgan fingerprint density at radius 1 is 1.80 bits per heavy atom. The van der Waals surface area contributed by atoms with Gasteiger partial charge in [0.05, 0.1) is 0 Å². The molecule has 0 saturated carbocycles. The van der Waals surface area contributed by atoms with Gasteiger partial charge in [-0.1, -0.05) is 6.92 Å². The van der Waals surface area contributed by atoms with E-state index in [-0.39, 0.29) is 6.04 Å². The van der Waals surface area contributed by atoms with E-state index < -0.39 is 5.97 Å². The molecule has 1 aliphatic rings. The molecule has 0 aliphatic carbocycles. The van der Waals surface area contributed by atoms with E-state index in [1.807, 2.05) is 11.8 Å². The Morgan fingerprint density at radius 3 is 2.90 bits per heavy atom. The number of hydrogen-bond acceptors (Lipinski definition) is 2. The van der Waals surface area contributed by atoms with Crippen LogP contribution >= 0.6 is 0 Å². The topological polar surface area (TPSA) is 40.5 Å². The average molecular weight is 143 g/mol. The molecule has 1 heterocycles. The van der Waals surface area contributed by atoms with E-state index in [2.05, 4.69) is 0 Å². The number of carbonyl (C=O) groups is 1. The Morgan fingerprint density at radius 2 is 2.50 bits per heavy atom. The highest BCUT2D eigenvalue weighted by Gasteiger charge is 2.28. The molecule has 1 saturated heterocycles.